The van der Waals surface area contributed by atoms with E-state index in [0.29, 0.717) is 30.5 Å². The molecular formula is C14H24N2O3. The normalized spacial score (nSPS) is 11.3. The van der Waals surface area contributed by atoms with E-state index in [1.165, 1.54) is 0 Å². The molecule has 0 aliphatic rings. The molecule has 1 aromatic rings. The van der Waals surface area contributed by atoms with Gasteiger partial charge in [-0.1, -0.05) is 13.8 Å². The molecule has 0 fully saturated rings. The second-order valence-electron chi connectivity index (χ2n) is 5.26. The highest BCUT2D eigenvalue weighted by Crippen LogP contribution is 2.17. The monoisotopic (exact) mass is 268 g/mol. The number of hydrogen-bond acceptors (Lipinski definition) is 4. The predicted molar refractivity (Wildman–Crippen MR) is 75.2 cm³/mol. The Morgan fingerprint density at radius 3 is 2.58 bits per heavy atom. The molecule has 0 radical (unpaired) electrons. The fourth-order valence-electron chi connectivity index (χ4n) is 1.68. The molecule has 0 bridgehead atoms. The van der Waals surface area contributed by atoms with E-state index in [-0.39, 0.29) is 18.6 Å². The minimum atomic E-state index is -0.362. The van der Waals surface area contributed by atoms with E-state index >= 15 is 0 Å². The van der Waals surface area contributed by atoms with Crippen LogP contribution >= 0.6 is 0 Å². The van der Waals surface area contributed by atoms with Crippen LogP contribution in [0.5, 0.6) is 0 Å². The van der Waals surface area contributed by atoms with Crippen molar-refractivity contribution in [1.82, 2.24) is 4.57 Å². The minimum Gasteiger partial charge on any atom is -0.459 e. The van der Waals surface area contributed by atoms with Crippen LogP contribution in [0.15, 0.2) is 12.3 Å². The highest BCUT2D eigenvalue weighted by Gasteiger charge is 2.15. The van der Waals surface area contributed by atoms with Gasteiger partial charge in [0.15, 0.2) is 0 Å². The van der Waals surface area contributed by atoms with E-state index in [1.807, 2.05) is 18.4 Å². The van der Waals surface area contributed by atoms with Gasteiger partial charge in [0.05, 0.1) is 12.3 Å². The molecule has 0 aromatic carbocycles. The molecule has 1 aromatic heterocycles. The summed E-state index contributed by atoms with van der Waals surface area (Å²) in [5.41, 5.74) is 6.76. The lowest BCUT2D eigenvalue weighted by Crippen LogP contribution is -2.16. The summed E-state index contributed by atoms with van der Waals surface area (Å²) in [5, 5.41) is 0. The molecule has 0 atom stereocenters. The number of nitrogens with zero attached hydrogens (tertiary/aromatic N) is 1. The van der Waals surface area contributed by atoms with Crippen molar-refractivity contribution in [2.45, 2.75) is 33.7 Å². The minimum absolute atomic E-state index is 0.164. The molecule has 108 valence electrons. The van der Waals surface area contributed by atoms with Crippen LogP contribution in [0.4, 0.5) is 5.69 Å². The zero-order valence-corrected chi connectivity index (χ0v) is 12.2. The van der Waals surface area contributed by atoms with Gasteiger partial charge in [0, 0.05) is 18.8 Å². The summed E-state index contributed by atoms with van der Waals surface area (Å²) in [5.74, 6) is 0.118. The molecule has 0 spiro atoms. The molecule has 0 aliphatic heterocycles. The number of carbonyl (C=O) groups is 1. The molecule has 2 N–H and O–H groups in total. The molecule has 1 heterocycles. The van der Waals surface area contributed by atoms with Crippen LogP contribution in [0.25, 0.3) is 0 Å². The fraction of sp³-hybridized carbons (Fsp3) is 0.643. The summed E-state index contributed by atoms with van der Waals surface area (Å²) >= 11 is 0. The van der Waals surface area contributed by atoms with Crippen molar-refractivity contribution in [3.8, 4) is 0 Å². The van der Waals surface area contributed by atoms with Crippen LogP contribution in [0, 0.1) is 5.92 Å². The van der Waals surface area contributed by atoms with Gasteiger partial charge in [-0.2, -0.15) is 0 Å². The average Bonchev–Trinajstić information content (AvgIpc) is 2.70. The highest BCUT2D eigenvalue weighted by atomic mass is 16.6. The lowest BCUT2D eigenvalue weighted by Gasteiger charge is -2.12. The number of hydrogen-bond donors (Lipinski definition) is 1. The first-order chi connectivity index (χ1) is 8.91. The Balaban J connectivity index is 2.45. The lowest BCUT2D eigenvalue weighted by molar-refractivity contribution is 0.0267. The Hall–Kier alpha value is -1.49. The molecular weight excluding hydrogens is 244 g/mol. The quantitative estimate of drug-likeness (QED) is 0.609. The van der Waals surface area contributed by atoms with E-state index in [4.69, 9.17) is 15.2 Å². The molecule has 1 rings (SSSR count). The van der Waals surface area contributed by atoms with Gasteiger partial charge < -0.3 is 19.8 Å². The average molecular weight is 268 g/mol. The number of anilines is 1. The van der Waals surface area contributed by atoms with E-state index in [9.17, 15) is 4.79 Å². The Bertz CT molecular complexity index is 411. The van der Waals surface area contributed by atoms with Gasteiger partial charge in [0.2, 0.25) is 0 Å². The Kier molecular flexibility index (Phi) is 5.89. The van der Waals surface area contributed by atoms with Gasteiger partial charge >= 0.3 is 5.97 Å². The van der Waals surface area contributed by atoms with Gasteiger partial charge in [0.25, 0.3) is 0 Å². The van der Waals surface area contributed by atoms with E-state index in [0.717, 1.165) is 0 Å². The first kappa shape index (κ1) is 15.6. The van der Waals surface area contributed by atoms with E-state index in [2.05, 4.69) is 13.8 Å². The van der Waals surface area contributed by atoms with Gasteiger partial charge in [-0.25, -0.2) is 4.79 Å². The maximum Gasteiger partial charge on any atom is 0.355 e. The van der Waals surface area contributed by atoms with Crippen LogP contribution in [-0.2, 0) is 9.47 Å². The maximum absolute atomic E-state index is 11.9. The molecule has 0 unspecified atom stereocenters. The largest absolute Gasteiger partial charge is 0.459 e. The molecule has 5 nitrogen and oxygen atoms in total. The van der Waals surface area contributed by atoms with Crippen LogP contribution in [0.3, 0.4) is 0 Å². The summed E-state index contributed by atoms with van der Waals surface area (Å²) in [4.78, 5) is 11.9. The summed E-state index contributed by atoms with van der Waals surface area (Å²) < 4.78 is 12.3. The third-order valence-electron chi connectivity index (χ3n) is 2.55. The van der Waals surface area contributed by atoms with Gasteiger partial charge in [-0.3, -0.25) is 0 Å². The van der Waals surface area contributed by atoms with Crippen LogP contribution in [0.2, 0.25) is 0 Å². The number of nitrogens with two attached hydrogens (primary N) is 1. The van der Waals surface area contributed by atoms with E-state index in [1.54, 1.807) is 12.3 Å². The lowest BCUT2D eigenvalue weighted by atomic mass is 10.2. The summed E-state index contributed by atoms with van der Waals surface area (Å²) in [6, 6.07) is 1.80. The van der Waals surface area contributed by atoms with Crippen molar-refractivity contribution >= 4 is 11.7 Å². The second-order valence-corrected chi connectivity index (χ2v) is 5.26. The second kappa shape index (κ2) is 7.19. The highest BCUT2D eigenvalue weighted by molar-refractivity contribution is 5.89. The van der Waals surface area contributed by atoms with Gasteiger partial charge in [-0.05, 0) is 25.8 Å². The van der Waals surface area contributed by atoms with Crippen molar-refractivity contribution in [3.05, 3.63) is 18.0 Å². The van der Waals surface area contributed by atoms with Crippen molar-refractivity contribution < 1.29 is 14.3 Å². The van der Waals surface area contributed by atoms with Gasteiger partial charge in [0.1, 0.15) is 12.3 Å². The zero-order valence-electron chi connectivity index (χ0n) is 12.2. The number of nitrogen functional groups attached to an aromatic ring is 1. The molecule has 0 aliphatic carbocycles. The molecule has 0 amide bonds. The van der Waals surface area contributed by atoms with Crippen molar-refractivity contribution in [2.24, 2.45) is 5.92 Å². The number of ether oxygens (including phenoxy) is 2. The van der Waals surface area contributed by atoms with Gasteiger partial charge in [-0.15, -0.1) is 0 Å². The molecule has 0 saturated carbocycles. The number of aromatic nitrogens is 1. The first-order valence-corrected chi connectivity index (χ1v) is 6.64. The topological polar surface area (TPSA) is 66.5 Å². The van der Waals surface area contributed by atoms with Crippen LogP contribution < -0.4 is 5.73 Å². The van der Waals surface area contributed by atoms with Crippen molar-refractivity contribution in [2.75, 3.05) is 25.6 Å². The standard InChI is InChI=1S/C14H24N2O3/c1-10(2)9-18-5-6-19-14(17)13-7-12(15)8-16(13)11(3)4/h7-8,10-11H,5-6,9,15H2,1-4H3. The van der Waals surface area contributed by atoms with Crippen molar-refractivity contribution in [1.29, 1.82) is 0 Å². The first-order valence-electron chi connectivity index (χ1n) is 6.64. The number of carbonyl (C=O) groups excluding carboxylic acids is 1. The van der Waals surface area contributed by atoms with Crippen LogP contribution in [-0.4, -0.2) is 30.4 Å². The Labute approximate surface area is 114 Å². The number of esters is 1. The zero-order chi connectivity index (χ0) is 14.4. The summed E-state index contributed by atoms with van der Waals surface area (Å²) in [7, 11) is 0. The predicted octanol–water partition coefficient (Wildman–Crippen LogP) is 2.48. The molecule has 0 saturated heterocycles. The Morgan fingerprint density at radius 2 is 2.00 bits per heavy atom. The Morgan fingerprint density at radius 1 is 1.32 bits per heavy atom. The SMILES string of the molecule is CC(C)COCCOC(=O)c1cc(N)cn1C(C)C. The van der Waals surface area contributed by atoms with Crippen molar-refractivity contribution in [3.63, 3.8) is 0 Å². The third kappa shape index (κ3) is 4.95. The molecule has 5 heteroatoms. The summed E-state index contributed by atoms with van der Waals surface area (Å²) in [6.45, 7) is 9.47. The third-order valence-corrected chi connectivity index (χ3v) is 2.55. The molecule has 19 heavy (non-hydrogen) atoms. The smallest absolute Gasteiger partial charge is 0.355 e. The fourth-order valence-corrected chi connectivity index (χ4v) is 1.68. The van der Waals surface area contributed by atoms with Crippen LogP contribution in [0.1, 0.15) is 44.2 Å². The summed E-state index contributed by atoms with van der Waals surface area (Å²) in [6.07, 6.45) is 1.75. The maximum atomic E-state index is 11.9. The van der Waals surface area contributed by atoms with E-state index < -0.39 is 0 Å². The number of rotatable bonds is 7.